The van der Waals surface area contributed by atoms with E-state index in [0.29, 0.717) is 11.3 Å². The smallest absolute Gasteiger partial charge is 0.368 e. The van der Waals surface area contributed by atoms with Gasteiger partial charge in [-0.3, -0.25) is 4.79 Å². The van der Waals surface area contributed by atoms with Gasteiger partial charge in [0, 0.05) is 6.42 Å². The van der Waals surface area contributed by atoms with Gasteiger partial charge >= 0.3 is 6.18 Å². The molecule has 1 amide bonds. The first-order valence-corrected chi connectivity index (χ1v) is 7.83. The molecule has 0 radical (unpaired) electrons. The second-order valence-corrected chi connectivity index (χ2v) is 7.44. The average molecular weight is 351 g/mol. The molecule has 0 unspecified atom stereocenters. The van der Waals surface area contributed by atoms with Gasteiger partial charge in [0.05, 0.1) is 4.34 Å². The molecule has 114 valence electrons. The zero-order valence-corrected chi connectivity index (χ0v) is 12.2. The molecular weight excluding hydrogens is 341 g/mol. The van der Waals surface area contributed by atoms with Crippen LogP contribution in [0.25, 0.3) is 0 Å². The fourth-order valence-electron chi connectivity index (χ4n) is 1.25. The molecule has 0 aliphatic carbocycles. The van der Waals surface area contributed by atoms with Crippen molar-refractivity contribution in [3.63, 3.8) is 0 Å². The SMILES string of the molecule is NC(=O)[C@@H](CCC(F)(F)F)NS(=O)(=O)c1ccc(Cl)s1. The summed E-state index contributed by atoms with van der Waals surface area (Å²) in [5.74, 6) is -1.18. The van der Waals surface area contributed by atoms with Crippen LogP contribution in [0.4, 0.5) is 13.2 Å². The highest BCUT2D eigenvalue weighted by Gasteiger charge is 2.32. The summed E-state index contributed by atoms with van der Waals surface area (Å²) < 4.78 is 61.8. The molecule has 0 aromatic carbocycles. The molecule has 20 heavy (non-hydrogen) atoms. The van der Waals surface area contributed by atoms with Crippen molar-refractivity contribution >= 4 is 38.9 Å². The van der Waals surface area contributed by atoms with Crippen molar-refractivity contribution < 1.29 is 26.4 Å². The van der Waals surface area contributed by atoms with E-state index in [1.807, 2.05) is 4.72 Å². The summed E-state index contributed by atoms with van der Waals surface area (Å²) in [6.07, 6.45) is -6.60. The number of amides is 1. The van der Waals surface area contributed by atoms with Crippen molar-refractivity contribution in [2.24, 2.45) is 5.73 Å². The number of rotatable bonds is 6. The Hall–Kier alpha value is -0.840. The Morgan fingerprint density at radius 3 is 2.45 bits per heavy atom. The van der Waals surface area contributed by atoms with Crippen LogP contribution in [0.5, 0.6) is 0 Å². The zero-order chi connectivity index (χ0) is 15.6. The summed E-state index contributed by atoms with van der Waals surface area (Å²) in [5.41, 5.74) is 4.90. The first-order valence-electron chi connectivity index (χ1n) is 5.15. The first kappa shape index (κ1) is 17.2. The molecular formula is C9H10ClF3N2O3S2. The number of hydrogen-bond donors (Lipinski definition) is 2. The number of alkyl halides is 3. The Labute approximate surface area is 122 Å². The molecule has 0 bridgehead atoms. The highest BCUT2D eigenvalue weighted by atomic mass is 35.5. The Morgan fingerprint density at radius 1 is 1.45 bits per heavy atom. The molecule has 1 aromatic rings. The molecule has 0 saturated carbocycles. The molecule has 0 aliphatic heterocycles. The van der Waals surface area contributed by atoms with Gasteiger partial charge in [-0.1, -0.05) is 11.6 Å². The molecule has 0 spiro atoms. The Kier molecular flexibility index (Phi) is 5.41. The number of nitrogens with two attached hydrogens (primary N) is 1. The number of thiophene rings is 1. The summed E-state index contributed by atoms with van der Waals surface area (Å²) in [6.45, 7) is 0. The molecule has 1 atom stereocenters. The molecule has 0 aliphatic rings. The zero-order valence-electron chi connectivity index (χ0n) is 9.78. The molecule has 0 fully saturated rings. The number of nitrogens with one attached hydrogen (secondary N) is 1. The maximum absolute atomic E-state index is 12.1. The van der Waals surface area contributed by atoms with E-state index >= 15 is 0 Å². The predicted octanol–water partition coefficient (Wildman–Crippen LogP) is 1.88. The van der Waals surface area contributed by atoms with Crippen molar-refractivity contribution in [2.45, 2.75) is 29.3 Å². The monoisotopic (exact) mass is 350 g/mol. The van der Waals surface area contributed by atoms with Crippen LogP contribution in [0.2, 0.25) is 4.34 Å². The highest BCUT2D eigenvalue weighted by molar-refractivity contribution is 7.91. The van der Waals surface area contributed by atoms with Crippen LogP contribution in [-0.2, 0) is 14.8 Å². The van der Waals surface area contributed by atoms with Gasteiger partial charge < -0.3 is 5.73 Å². The maximum atomic E-state index is 12.1. The Morgan fingerprint density at radius 2 is 2.05 bits per heavy atom. The number of sulfonamides is 1. The van der Waals surface area contributed by atoms with Crippen LogP contribution < -0.4 is 10.5 Å². The number of halogens is 4. The maximum Gasteiger partial charge on any atom is 0.389 e. The van der Waals surface area contributed by atoms with E-state index in [1.54, 1.807) is 0 Å². The Balaban J connectivity index is 2.83. The van der Waals surface area contributed by atoms with E-state index in [1.165, 1.54) is 12.1 Å². The summed E-state index contributed by atoms with van der Waals surface area (Å²) in [6, 6.07) is 0.856. The molecule has 1 aromatic heterocycles. The number of carbonyl (C=O) groups excluding carboxylic acids is 1. The minimum absolute atomic E-state index is 0.191. The van der Waals surface area contributed by atoms with Gasteiger partial charge in [0.15, 0.2) is 0 Å². The minimum Gasteiger partial charge on any atom is -0.368 e. The Bertz CT molecular complexity index is 586. The van der Waals surface area contributed by atoms with Gasteiger partial charge in [-0.05, 0) is 18.6 Å². The van der Waals surface area contributed by atoms with E-state index in [9.17, 15) is 26.4 Å². The molecule has 3 N–H and O–H groups in total. The lowest BCUT2D eigenvalue weighted by Crippen LogP contribution is -2.44. The topological polar surface area (TPSA) is 89.3 Å². The van der Waals surface area contributed by atoms with Crippen LogP contribution in [0, 0.1) is 0 Å². The van der Waals surface area contributed by atoms with Crippen molar-refractivity contribution in [2.75, 3.05) is 0 Å². The molecule has 0 saturated heterocycles. The molecule has 1 heterocycles. The average Bonchev–Trinajstić information content (AvgIpc) is 2.70. The number of primary amides is 1. The fourth-order valence-corrected chi connectivity index (χ4v) is 3.99. The van der Waals surface area contributed by atoms with Crippen LogP contribution in [0.15, 0.2) is 16.3 Å². The van der Waals surface area contributed by atoms with Gasteiger partial charge in [0.2, 0.25) is 5.91 Å². The van der Waals surface area contributed by atoms with Gasteiger partial charge in [-0.15, -0.1) is 11.3 Å². The minimum atomic E-state index is -4.51. The lowest BCUT2D eigenvalue weighted by Gasteiger charge is -2.15. The quantitative estimate of drug-likeness (QED) is 0.820. The lowest BCUT2D eigenvalue weighted by atomic mass is 10.1. The van der Waals surface area contributed by atoms with Crippen LogP contribution in [-0.4, -0.2) is 26.5 Å². The first-order chi connectivity index (χ1) is 9.01. The van der Waals surface area contributed by atoms with E-state index in [2.05, 4.69) is 0 Å². The van der Waals surface area contributed by atoms with Crippen molar-refractivity contribution in [3.05, 3.63) is 16.5 Å². The second-order valence-electron chi connectivity index (χ2n) is 3.79. The van der Waals surface area contributed by atoms with Crippen LogP contribution in [0.1, 0.15) is 12.8 Å². The molecule has 11 heteroatoms. The number of carbonyl (C=O) groups is 1. The van der Waals surface area contributed by atoms with E-state index in [-0.39, 0.29) is 8.55 Å². The van der Waals surface area contributed by atoms with Gasteiger partial charge in [-0.25, -0.2) is 8.42 Å². The normalized spacial score (nSPS) is 14.2. The highest BCUT2D eigenvalue weighted by Crippen LogP contribution is 2.26. The summed E-state index contributed by atoms with van der Waals surface area (Å²) in [4.78, 5) is 11.0. The van der Waals surface area contributed by atoms with Crippen molar-refractivity contribution in [1.82, 2.24) is 4.72 Å². The van der Waals surface area contributed by atoms with Crippen LogP contribution >= 0.6 is 22.9 Å². The van der Waals surface area contributed by atoms with E-state index in [0.717, 1.165) is 0 Å². The summed E-state index contributed by atoms with van der Waals surface area (Å²) >= 11 is 6.29. The van der Waals surface area contributed by atoms with Crippen molar-refractivity contribution in [1.29, 1.82) is 0 Å². The summed E-state index contributed by atoms with van der Waals surface area (Å²) in [5, 5.41) is 0. The number of hydrogen-bond acceptors (Lipinski definition) is 4. The standard InChI is InChI=1S/C9H10ClF3N2O3S2/c10-6-1-2-7(19-6)20(17,18)15-5(8(14)16)3-4-9(11,12)13/h1-2,5,15H,3-4H2,(H2,14,16)/t5-/m1/s1. The second kappa shape index (κ2) is 6.29. The van der Waals surface area contributed by atoms with Gasteiger partial charge in [0.25, 0.3) is 10.0 Å². The van der Waals surface area contributed by atoms with Gasteiger partial charge in [-0.2, -0.15) is 17.9 Å². The summed E-state index contributed by atoms with van der Waals surface area (Å²) in [7, 11) is -4.14. The third-order valence-corrected chi connectivity index (χ3v) is 5.37. The van der Waals surface area contributed by atoms with E-state index in [4.69, 9.17) is 17.3 Å². The third-order valence-electron chi connectivity index (χ3n) is 2.17. The van der Waals surface area contributed by atoms with Gasteiger partial charge in [0.1, 0.15) is 10.3 Å². The predicted molar refractivity (Wildman–Crippen MR) is 67.9 cm³/mol. The fraction of sp³-hybridized carbons (Fsp3) is 0.444. The lowest BCUT2D eigenvalue weighted by molar-refractivity contribution is -0.138. The molecule has 1 rings (SSSR count). The largest absolute Gasteiger partial charge is 0.389 e. The van der Waals surface area contributed by atoms with Crippen LogP contribution in [0.3, 0.4) is 0 Å². The van der Waals surface area contributed by atoms with Crippen molar-refractivity contribution in [3.8, 4) is 0 Å². The molecule has 5 nitrogen and oxygen atoms in total. The third kappa shape index (κ3) is 5.27. The van der Waals surface area contributed by atoms with E-state index < -0.39 is 41.0 Å².